The highest BCUT2D eigenvalue weighted by atomic mass is 32.2. The highest BCUT2D eigenvalue weighted by Gasteiger charge is 2.22. The lowest BCUT2D eigenvalue weighted by molar-refractivity contribution is 0.565. The average Bonchev–Trinajstić information content (AvgIpc) is 2.95. The maximum Gasteiger partial charge on any atom is 0.240 e. The lowest BCUT2D eigenvalue weighted by Crippen LogP contribution is -2.29. The number of sulfonamides is 1. The van der Waals surface area contributed by atoms with Gasteiger partial charge in [0.2, 0.25) is 10.0 Å². The second-order valence-electron chi connectivity index (χ2n) is 7.45. The summed E-state index contributed by atoms with van der Waals surface area (Å²) in [6.45, 7) is 13.0. The van der Waals surface area contributed by atoms with Crippen LogP contribution in [-0.2, 0) is 28.4 Å². The van der Waals surface area contributed by atoms with Crippen LogP contribution in [0, 0.1) is 13.8 Å². The molecule has 5 nitrogen and oxygen atoms in total. The second kappa shape index (κ2) is 7.30. The lowest BCUT2D eigenvalue weighted by atomic mass is 9.85. The molecule has 0 unspecified atom stereocenters. The zero-order chi connectivity index (χ0) is 18.8. The molecule has 0 fully saturated rings. The van der Waals surface area contributed by atoms with E-state index < -0.39 is 10.0 Å². The first kappa shape index (κ1) is 19.7. The molecule has 1 aromatic carbocycles. The van der Waals surface area contributed by atoms with E-state index in [1.54, 1.807) is 12.3 Å². The van der Waals surface area contributed by atoms with Gasteiger partial charge < -0.3 is 4.57 Å². The summed E-state index contributed by atoms with van der Waals surface area (Å²) < 4.78 is 30.4. The van der Waals surface area contributed by atoms with Crippen LogP contribution in [0.1, 0.15) is 50.2 Å². The standard InChI is InChI=1S/C19H29N3O2S/c1-7-18-20-8-10-22(18)11-9-21-25(23,24)17-13-16(19(4,5)6)12-14(2)15(17)3/h8,10,12-13,21H,7,9,11H2,1-6H3. The number of benzene rings is 1. The van der Waals surface area contributed by atoms with Crippen molar-refractivity contribution in [2.45, 2.75) is 64.8 Å². The molecule has 0 radical (unpaired) electrons. The Labute approximate surface area is 151 Å². The largest absolute Gasteiger partial charge is 0.334 e. The van der Waals surface area contributed by atoms with Crippen LogP contribution in [0.25, 0.3) is 0 Å². The fourth-order valence-electron chi connectivity index (χ4n) is 2.78. The quantitative estimate of drug-likeness (QED) is 0.856. The van der Waals surface area contributed by atoms with Crippen LogP contribution in [0.5, 0.6) is 0 Å². The first-order valence-corrected chi connectivity index (χ1v) is 10.2. The number of rotatable bonds is 6. The van der Waals surface area contributed by atoms with Crippen molar-refractivity contribution in [1.82, 2.24) is 14.3 Å². The van der Waals surface area contributed by atoms with E-state index >= 15 is 0 Å². The van der Waals surface area contributed by atoms with Crippen molar-refractivity contribution >= 4 is 10.0 Å². The van der Waals surface area contributed by atoms with Crippen LogP contribution in [0.15, 0.2) is 29.4 Å². The molecule has 138 valence electrons. The molecule has 1 heterocycles. The normalized spacial score (nSPS) is 12.6. The van der Waals surface area contributed by atoms with Crippen LogP contribution in [0.3, 0.4) is 0 Å². The molecule has 2 rings (SSSR count). The van der Waals surface area contributed by atoms with Gasteiger partial charge in [-0.15, -0.1) is 0 Å². The predicted octanol–water partition coefficient (Wildman–Crippen LogP) is 3.34. The van der Waals surface area contributed by atoms with Crippen LogP contribution < -0.4 is 4.72 Å². The highest BCUT2D eigenvalue weighted by Crippen LogP contribution is 2.28. The van der Waals surface area contributed by atoms with E-state index in [0.717, 1.165) is 28.9 Å². The second-order valence-corrected chi connectivity index (χ2v) is 9.19. The molecule has 1 N–H and O–H groups in total. The Hall–Kier alpha value is -1.66. The minimum atomic E-state index is -3.55. The Morgan fingerprint density at radius 2 is 1.88 bits per heavy atom. The Kier molecular flexibility index (Phi) is 5.74. The zero-order valence-corrected chi connectivity index (χ0v) is 16.9. The van der Waals surface area contributed by atoms with Gasteiger partial charge in [-0.1, -0.05) is 33.8 Å². The molecule has 2 aromatic rings. The van der Waals surface area contributed by atoms with E-state index in [4.69, 9.17) is 0 Å². The summed E-state index contributed by atoms with van der Waals surface area (Å²) in [7, 11) is -3.55. The fraction of sp³-hybridized carbons (Fsp3) is 0.526. The van der Waals surface area contributed by atoms with Gasteiger partial charge in [0, 0.05) is 31.9 Å². The molecule has 25 heavy (non-hydrogen) atoms. The molecular formula is C19H29N3O2S. The number of aryl methyl sites for hydroxylation is 2. The van der Waals surface area contributed by atoms with Gasteiger partial charge in [0.1, 0.15) is 5.82 Å². The Morgan fingerprint density at radius 1 is 1.20 bits per heavy atom. The summed E-state index contributed by atoms with van der Waals surface area (Å²) in [5, 5.41) is 0. The number of nitrogens with one attached hydrogen (secondary N) is 1. The maximum atomic E-state index is 12.8. The summed E-state index contributed by atoms with van der Waals surface area (Å²) in [4.78, 5) is 4.63. The molecular weight excluding hydrogens is 334 g/mol. The number of imidazole rings is 1. The molecule has 0 saturated heterocycles. The van der Waals surface area contributed by atoms with Crippen molar-refractivity contribution in [1.29, 1.82) is 0 Å². The Balaban J connectivity index is 2.23. The monoisotopic (exact) mass is 363 g/mol. The van der Waals surface area contributed by atoms with Gasteiger partial charge >= 0.3 is 0 Å². The van der Waals surface area contributed by atoms with Crippen LogP contribution in [0.2, 0.25) is 0 Å². The molecule has 0 aliphatic carbocycles. The molecule has 6 heteroatoms. The van der Waals surface area contributed by atoms with Crippen molar-refractivity contribution in [3.05, 3.63) is 47.0 Å². The fourth-order valence-corrected chi connectivity index (χ4v) is 4.14. The van der Waals surface area contributed by atoms with E-state index in [9.17, 15) is 8.42 Å². The first-order valence-electron chi connectivity index (χ1n) is 8.67. The number of hydrogen-bond donors (Lipinski definition) is 1. The van der Waals surface area contributed by atoms with Gasteiger partial charge in [0.05, 0.1) is 4.90 Å². The Bertz CT molecular complexity index is 846. The summed E-state index contributed by atoms with van der Waals surface area (Å²) >= 11 is 0. The maximum absolute atomic E-state index is 12.8. The first-order chi connectivity index (χ1) is 11.6. The molecule has 0 saturated carbocycles. The summed E-state index contributed by atoms with van der Waals surface area (Å²) in [6, 6.07) is 3.88. The third-order valence-electron chi connectivity index (χ3n) is 4.54. The molecule has 0 atom stereocenters. The van der Waals surface area contributed by atoms with Crippen LogP contribution >= 0.6 is 0 Å². The van der Waals surface area contributed by atoms with E-state index in [2.05, 4.69) is 36.5 Å². The van der Waals surface area contributed by atoms with Crippen molar-refractivity contribution in [3.8, 4) is 0 Å². The summed E-state index contributed by atoms with van der Waals surface area (Å²) in [6.07, 6.45) is 4.45. The highest BCUT2D eigenvalue weighted by molar-refractivity contribution is 7.89. The van der Waals surface area contributed by atoms with Crippen LogP contribution in [0.4, 0.5) is 0 Å². The number of nitrogens with zero attached hydrogens (tertiary/aromatic N) is 2. The van der Waals surface area contributed by atoms with Gasteiger partial charge in [0.25, 0.3) is 0 Å². The molecule has 0 aliphatic heterocycles. The Morgan fingerprint density at radius 3 is 2.48 bits per heavy atom. The summed E-state index contributed by atoms with van der Waals surface area (Å²) in [5.74, 6) is 0.959. The van der Waals surface area contributed by atoms with Crippen molar-refractivity contribution in [2.75, 3.05) is 6.54 Å². The predicted molar refractivity (Wildman–Crippen MR) is 101 cm³/mol. The third-order valence-corrected chi connectivity index (χ3v) is 6.13. The van der Waals surface area contributed by atoms with Crippen molar-refractivity contribution < 1.29 is 8.42 Å². The van der Waals surface area contributed by atoms with Gasteiger partial charge in [-0.25, -0.2) is 18.1 Å². The number of aromatic nitrogens is 2. The summed E-state index contributed by atoms with van der Waals surface area (Å²) in [5.41, 5.74) is 2.72. The lowest BCUT2D eigenvalue weighted by Gasteiger charge is -2.22. The molecule has 0 aliphatic rings. The van der Waals surface area contributed by atoms with E-state index in [-0.39, 0.29) is 5.41 Å². The van der Waals surface area contributed by atoms with Gasteiger partial charge in [-0.05, 0) is 42.0 Å². The zero-order valence-electron chi connectivity index (χ0n) is 16.0. The van der Waals surface area contributed by atoms with E-state index in [1.807, 2.05) is 31.5 Å². The molecule has 0 spiro atoms. The van der Waals surface area contributed by atoms with Crippen LogP contribution in [-0.4, -0.2) is 24.5 Å². The molecule has 0 bridgehead atoms. The topological polar surface area (TPSA) is 64.0 Å². The van der Waals surface area contributed by atoms with Gasteiger partial charge in [0.15, 0.2) is 0 Å². The molecule has 1 aromatic heterocycles. The SMILES string of the molecule is CCc1nccn1CCNS(=O)(=O)c1cc(C(C)(C)C)cc(C)c1C. The average molecular weight is 364 g/mol. The molecule has 0 amide bonds. The van der Waals surface area contributed by atoms with Crippen molar-refractivity contribution in [2.24, 2.45) is 0 Å². The third kappa shape index (κ3) is 4.50. The minimum absolute atomic E-state index is 0.102. The van der Waals surface area contributed by atoms with Crippen molar-refractivity contribution in [3.63, 3.8) is 0 Å². The number of hydrogen-bond acceptors (Lipinski definition) is 3. The van der Waals surface area contributed by atoms with E-state index in [1.165, 1.54) is 0 Å². The van der Waals surface area contributed by atoms with E-state index in [0.29, 0.717) is 18.0 Å². The van der Waals surface area contributed by atoms with Gasteiger partial charge in [-0.2, -0.15) is 0 Å². The smallest absolute Gasteiger partial charge is 0.240 e. The minimum Gasteiger partial charge on any atom is -0.334 e. The van der Waals surface area contributed by atoms with Gasteiger partial charge in [-0.3, -0.25) is 0 Å².